The summed E-state index contributed by atoms with van der Waals surface area (Å²) in [5.41, 5.74) is 2.98. The SMILES string of the molecule is CNC1C(=O)N(CC2CC3CCC2C3)CCc2ncsc21. The third-order valence-electron chi connectivity index (χ3n) is 5.74. The topological polar surface area (TPSA) is 45.2 Å². The zero-order chi connectivity index (χ0) is 14.4. The number of rotatable bonds is 3. The van der Waals surface area contributed by atoms with Crippen LogP contribution in [0.1, 0.15) is 42.3 Å². The first-order chi connectivity index (χ1) is 10.3. The van der Waals surface area contributed by atoms with Gasteiger partial charge in [0.2, 0.25) is 5.91 Å². The average Bonchev–Trinajstić information content (AvgIpc) is 3.19. The van der Waals surface area contributed by atoms with E-state index in [9.17, 15) is 4.79 Å². The van der Waals surface area contributed by atoms with Gasteiger partial charge in [-0.1, -0.05) is 6.42 Å². The van der Waals surface area contributed by atoms with Gasteiger partial charge >= 0.3 is 0 Å². The molecule has 0 spiro atoms. The molecule has 4 nitrogen and oxygen atoms in total. The Hall–Kier alpha value is -0.940. The van der Waals surface area contributed by atoms with E-state index in [1.807, 2.05) is 12.6 Å². The van der Waals surface area contributed by atoms with Crippen LogP contribution in [0.3, 0.4) is 0 Å². The average molecular weight is 305 g/mol. The van der Waals surface area contributed by atoms with Crippen molar-refractivity contribution in [3.05, 3.63) is 16.1 Å². The van der Waals surface area contributed by atoms with Crippen molar-refractivity contribution in [2.45, 2.75) is 38.1 Å². The number of nitrogens with one attached hydrogen (secondary N) is 1. The van der Waals surface area contributed by atoms with Gasteiger partial charge in [-0.05, 0) is 44.1 Å². The van der Waals surface area contributed by atoms with E-state index in [4.69, 9.17) is 0 Å². The Morgan fingerprint density at radius 3 is 3.05 bits per heavy atom. The fourth-order valence-electron chi connectivity index (χ4n) is 4.67. The predicted molar refractivity (Wildman–Crippen MR) is 83.1 cm³/mol. The Morgan fingerprint density at radius 2 is 2.33 bits per heavy atom. The van der Waals surface area contributed by atoms with Crippen molar-refractivity contribution in [3.8, 4) is 0 Å². The van der Waals surface area contributed by atoms with E-state index in [0.717, 1.165) is 47.8 Å². The van der Waals surface area contributed by atoms with Gasteiger partial charge in [0, 0.05) is 19.5 Å². The zero-order valence-electron chi connectivity index (χ0n) is 12.5. The molecule has 4 unspecified atom stereocenters. The number of thiazole rings is 1. The molecule has 0 saturated heterocycles. The summed E-state index contributed by atoms with van der Waals surface area (Å²) in [5, 5.41) is 3.20. The first-order valence-corrected chi connectivity index (χ1v) is 9.02. The third kappa shape index (κ3) is 2.30. The molecule has 0 aromatic carbocycles. The van der Waals surface area contributed by atoms with E-state index in [-0.39, 0.29) is 11.9 Å². The smallest absolute Gasteiger partial charge is 0.245 e. The number of aromatic nitrogens is 1. The van der Waals surface area contributed by atoms with Gasteiger partial charge in [-0.2, -0.15) is 0 Å². The molecule has 4 atom stereocenters. The number of amides is 1. The molecule has 2 saturated carbocycles. The minimum absolute atomic E-state index is 0.186. The fourth-order valence-corrected chi connectivity index (χ4v) is 5.60. The van der Waals surface area contributed by atoms with E-state index >= 15 is 0 Å². The molecule has 1 aromatic heterocycles. The van der Waals surface area contributed by atoms with Crippen LogP contribution in [-0.4, -0.2) is 35.9 Å². The standard InChI is InChI=1S/C16H23N3OS/c1-17-14-15-13(18-9-21-15)4-5-19(16(14)20)8-12-7-10-2-3-11(12)6-10/h9-12,14,17H,2-8H2,1H3. The second-order valence-electron chi connectivity index (χ2n) is 6.85. The molecule has 2 bridgehead atoms. The van der Waals surface area contributed by atoms with Gasteiger partial charge in [0.15, 0.2) is 0 Å². The van der Waals surface area contributed by atoms with Crippen molar-refractivity contribution in [2.75, 3.05) is 20.1 Å². The van der Waals surface area contributed by atoms with Crippen LogP contribution in [0.5, 0.6) is 0 Å². The third-order valence-corrected chi connectivity index (χ3v) is 6.68. The van der Waals surface area contributed by atoms with Crippen LogP contribution >= 0.6 is 11.3 Å². The molecule has 5 heteroatoms. The molecule has 114 valence electrons. The lowest BCUT2D eigenvalue weighted by Gasteiger charge is -2.30. The number of fused-ring (bicyclic) bond motifs is 3. The minimum Gasteiger partial charge on any atom is -0.340 e. The Labute approximate surface area is 129 Å². The summed E-state index contributed by atoms with van der Waals surface area (Å²) in [6, 6.07) is -0.186. The van der Waals surface area contributed by atoms with E-state index in [2.05, 4.69) is 15.2 Å². The van der Waals surface area contributed by atoms with Gasteiger partial charge in [-0.25, -0.2) is 4.98 Å². The second-order valence-corrected chi connectivity index (χ2v) is 7.74. The largest absolute Gasteiger partial charge is 0.340 e. The van der Waals surface area contributed by atoms with Crippen LogP contribution in [0.4, 0.5) is 0 Å². The van der Waals surface area contributed by atoms with Crippen molar-refractivity contribution in [2.24, 2.45) is 17.8 Å². The zero-order valence-corrected chi connectivity index (χ0v) is 13.4. The summed E-state index contributed by atoms with van der Waals surface area (Å²) in [4.78, 5) is 20.6. The van der Waals surface area contributed by atoms with Crippen molar-refractivity contribution < 1.29 is 4.79 Å². The fraction of sp³-hybridized carbons (Fsp3) is 0.750. The number of hydrogen-bond donors (Lipinski definition) is 1. The van der Waals surface area contributed by atoms with Crippen LogP contribution in [0.15, 0.2) is 5.51 Å². The van der Waals surface area contributed by atoms with E-state index < -0.39 is 0 Å². The van der Waals surface area contributed by atoms with Crippen molar-refractivity contribution in [3.63, 3.8) is 0 Å². The predicted octanol–water partition coefficient (Wildman–Crippen LogP) is 2.22. The number of carbonyl (C=O) groups is 1. The number of carbonyl (C=O) groups excluding carboxylic acids is 1. The summed E-state index contributed by atoms with van der Waals surface area (Å²) in [6.45, 7) is 1.80. The molecule has 0 radical (unpaired) electrons. The number of nitrogens with zero attached hydrogens (tertiary/aromatic N) is 2. The molecule has 1 N–H and O–H groups in total. The maximum Gasteiger partial charge on any atom is 0.245 e. The lowest BCUT2D eigenvalue weighted by molar-refractivity contribution is -0.134. The Kier molecular flexibility index (Phi) is 3.50. The normalized spacial score (nSPS) is 35.1. The number of likely N-dealkylation sites (N-methyl/N-ethyl adjacent to an activating group) is 1. The summed E-state index contributed by atoms with van der Waals surface area (Å²) < 4.78 is 0. The highest BCUT2D eigenvalue weighted by molar-refractivity contribution is 7.10. The molecule has 1 aliphatic heterocycles. The van der Waals surface area contributed by atoms with Gasteiger partial charge < -0.3 is 10.2 Å². The molecule has 1 aromatic rings. The van der Waals surface area contributed by atoms with E-state index in [1.165, 1.54) is 25.7 Å². The van der Waals surface area contributed by atoms with Gasteiger partial charge in [-0.15, -0.1) is 11.3 Å². The van der Waals surface area contributed by atoms with Crippen molar-refractivity contribution in [1.29, 1.82) is 0 Å². The quantitative estimate of drug-likeness (QED) is 0.931. The highest BCUT2D eigenvalue weighted by Crippen LogP contribution is 2.48. The molecule has 21 heavy (non-hydrogen) atoms. The molecule has 2 heterocycles. The molecule has 1 amide bonds. The van der Waals surface area contributed by atoms with Gasteiger partial charge in [0.05, 0.1) is 16.1 Å². The van der Waals surface area contributed by atoms with E-state index in [0.29, 0.717) is 0 Å². The van der Waals surface area contributed by atoms with Crippen LogP contribution in [-0.2, 0) is 11.2 Å². The molecular weight excluding hydrogens is 282 g/mol. The molecule has 3 aliphatic rings. The Bertz CT molecular complexity index is 543. The summed E-state index contributed by atoms with van der Waals surface area (Å²) in [7, 11) is 1.88. The van der Waals surface area contributed by atoms with Crippen molar-refractivity contribution >= 4 is 17.2 Å². The molecule has 2 aliphatic carbocycles. The maximum absolute atomic E-state index is 12.9. The van der Waals surface area contributed by atoms with E-state index in [1.54, 1.807) is 11.3 Å². The second kappa shape index (κ2) is 5.36. The van der Waals surface area contributed by atoms with Gasteiger partial charge in [-0.3, -0.25) is 4.79 Å². The summed E-state index contributed by atoms with van der Waals surface area (Å²) in [6.07, 6.45) is 6.48. The first-order valence-electron chi connectivity index (χ1n) is 8.14. The van der Waals surface area contributed by atoms with Crippen LogP contribution in [0.25, 0.3) is 0 Å². The van der Waals surface area contributed by atoms with Gasteiger partial charge in [0.1, 0.15) is 6.04 Å². The molecule has 4 rings (SSSR count). The molecular formula is C16H23N3OS. The maximum atomic E-state index is 12.9. The number of hydrogen-bond acceptors (Lipinski definition) is 4. The summed E-state index contributed by atoms with van der Waals surface area (Å²) >= 11 is 1.61. The Balaban J connectivity index is 1.51. The van der Waals surface area contributed by atoms with Gasteiger partial charge in [0.25, 0.3) is 0 Å². The Morgan fingerprint density at radius 1 is 1.43 bits per heavy atom. The minimum atomic E-state index is -0.186. The lowest BCUT2D eigenvalue weighted by atomic mass is 9.88. The summed E-state index contributed by atoms with van der Waals surface area (Å²) in [5.74, 6) is 2.83. The lowest BCUT2D eigenvalue weighted by Crippen LogP contribution is -2.42. The van der Waals surface area contributed by atoms with Crippen LogP contribution in [0.2, 0.25) is 0 Å². The molecule has 2 fully saturated rings. The monoisotopic (exact) mass is 305 g/mol. The first kappa shape index (κ1) is 13.7. The highest BCUT2D eigenvalue weighted by Gasteiger charge is 2.41. The van der Waals surface area contributed by atoms with Crippen molar-refractivity contribution in [1.82, 2.24) is 15.2 Å². The van der Waals surface area contributed by atoms with Crippen LogP contribution in [0, 0.1) is 17.8 Å². The highest BCUT2D eigenvalue weighted by atomic mass is 32.1. The van der Waals surface area contributed by atoms with Crippen LogP contribution < -0.4 is 5.32 Å².